The van der Waals surface area contributed by atoms with Gasteiger partial charge < -0.3 is 4.74 Å². The summed E-state index contributed by atoms with van der Waals surface area (Å²) < 4.78 is 6.68. The van der Waals surface area contributed by atoms with Crippen molar-refractivity contribution in [3.63, 3.8) is 0 Å². The van der Waals surface area contributed by atoms with Gasteiger partial charge in [0.15, 0.2) is 0 Å². The van der Waals surface area contributed by atoms with E-state index in [1.54, 1.807) is 0 Å². The standard InChI is InChI=1S/C22H28O/c1-4-18-7-8-19-20(18,3)11-12-21-14-17-13-15(2)5-6-16(17)9-10-22(19,21)23-21/h5-6,9-10,13,18-19H,4,7-8,11-12,14H2,1-3H3. The molecule has 4 aliphatic rings. The van der Waals surface area contributed by atoms with Crippen LogP contribution in [0.15, 0.2) is 24.3 Å². The SMILES string of the molecule is CCC1CCC2C1(C)CCC13Cc4cc(C)ccc4C=CC21O3. The Labute approximate surface area is 140 Å². The Morgan fingerprint density at radius 3 is 2.91 bits per heavy atom. The fourth-order valence-electron chi connectivity index (χ4n) is 6.61. The summed E-state index contributed by atoms with van der Waals surface area (Å²) in [6.45, 7) is 7.15. The Balaban J connectivity index is 1.59. The molecule has 0 spiro atoms. The first kappa shape index (κ1) is 14.3. The maximum Gasteiger partial charge on any atom is 0.120 e. The average Bonchev–Trinajstić information content (AvgIpc) is 3.07. The van der Waals surface area contributed by atoms with Gasteiger partial charge in [-0.2, -0.15) is 0 Å². The van der Waals surface area contributed by atoms with Crippen molar-refractivity contribution in [1.82, 2.24) is 0 Å². The molecule has 0 aromatic heterocycles. The van der Waals surface area contributed by atoms with Gasteiger partial charge in [-0.25, -0.2) is 0 Å². The zero-order chi connectivity index (χ0) is 15.9. The van der Waals surface area contributed by atoms with E-state index in [1.165, 1.54) is 48.8 Å². The Kier molecular flexibility index (Phi) is 2.67. The van der Waals surface area contributed by atoms with E-state index in [2.05, 4.69) is 51.1 Å². The summed E-state index contributed by atoms with van der Waals surface area (Å²) in [5, 5.41) is 0. The van der Waals surface area contributed by atoms with Crippen molar-refractivity contribution in [2.75, 3.05) is 0 Å². The number of benzene rings is 1. The monoisotopic (exact) mass is 308 g/mol. The van der Waals surface area contributed by atoms with Crippen LogP contribution in [0.5, 0.6) is 0 Å². The van der Waals surface area contributed by atoms with Gasteiger partial charge in [0.2, 0.25) is 0 Å². The summed E-state index contributed by atoms with van der Waals surface area (Å²) >= 11 is 0. The minimum Gasteiger partial charge on any atom is -0.357 e. The Hall–Kier alpha value is -1.08. The first-order chi connectivity index (χ1) is 11.0. The molecule has 5 atom stereocenters. The first-order valence-electron chi connectivity index (χ1n) is 9.52. The van der Waals surface area contributed by atoms with Gasteiger partial charge in [0.05, 0.1) is 0 Å². The average molecular weight is 308 g/mol. The first-order valence-corrected chi connectivity index (χ1v) is 9.52. The highest BCUT2D eigenvalue weighted by Gasteiger charge is 2.78. The molecule has 5 unspecified atom stereocenters. The van der Waals surface area contributed by atoms with Gasteiger partial charge in [0, 0.05) is 12.3 Å². The molecule has 1 aliphatic heterocycles. The van der Waals surface area contributed by atoms with Crippen LogP contribution in [0.3, 0.4) is 0 Å². The normalized spacial score (nSPS) is 46.4. The molecule has 1 heteroatoms. The quantitative estimate of drug-likeness (QED) is 0.641. The minimum atomic E-state index is 0.0385. The number of fused-ring (bicyclic) bond motifs is 2. The van der Waals surface area contributed by atoms with Crippen LogP contribution in [0, 0.1) is 24.2 Å². The van der Waals surface area contributed by atoms with E-state index in [0.717, 1.165) is 18.3 Å². The molecule has 23 heavy (non-hydrogen) atoms. The molecule has 0 bridgehead atoms. The van der Waals surface area contributed by atoms with Crippen LogP contribution >= 0.6 is 0 Å². The lowest BCUT2D eigenvalue weighted by atomic mass is 9.57. The lowest BCUT2D eigenvalue weighted by Gasteiger charge is -2.44. The molecule has 5 rings (SSSR count). The van der Waals surface area contributed by atoms with Gasteiger partial charge in [-0.3, -0.25) is 0 Å². The molecule has 1 heterocycles. The zero-order valence-electron chi connectivity index (χ0n) is 14.7. The van der Waals surface area contributed by atoms with Crippen LogP contribution in [-0.4, -0.2) is 11.2 Å². The predicted molar refractivity (Wildman–Crippen MR) is 94.3 cm³/mol. The second-order valence-corrected chi connectivity index (χ2v) is 8.84. The third-order valence-electron chi connectivity index (χ3n) is 7.93. The highest BCUT2D eigenvalue weighted by Crippen LogP contribution is 2.73. The van der Waals surface area contributed by atoms with Crippen molar-refractivity contribution in [2.24, 2.45) is 17.3 Å². The van der Waals surface area contributed by atoms with Crippen molar-refractivity contribution < 1.29 is 4.74 Å². The largest absolute Gasteiger partial charge is 0.357 e. The smallest absolute Gasteiger partial charge is 0.120 e. The van der Waals surface area contributed by atoms with Gasteiger partial charge in [-0.1, -0.05) is 50.1 Å². The lowest BCUT2D eigenvalue weighted by molar-refractivity contribution is 0.0753. The van der Waals surface area contributed by atoms with Crippen LogP contribution in [-0.2, 0) is 11.2 Å². The van der Waals surface area contributed by atoms with E-state index in [9.17, 15) is 0 Å². The highest BCUT2D eigenvalue weighted by molar-refractivity contribution is 5.61. The Bertz CT molecular complexity index is 704. The molecule has 0 radical (unpaired) electrons. The lowest BCUT2D eigenvalue weighted by Crippen LogP contribution is -2.46. The predicted octanol–water partition coefficient (Wildman–Crippen LogP) is 5.31. The second kappa shape index (κ2) is 4.30. The third kappa shape index (κ3) is 1.62. The third-order valence-corrected chi connectivity index (χ3v) is 7.93. The Morgan fingerprint density at radius 2 is 2.09 bits per heavy atom. The maximum absolute atomic E-state index is 6.68. The summed E-state index contributed by atoms with van der Waals surface area (Å²) in [5.74, 6) is 1.62. The molecular weight excluding hydrogens is 280 g/mol. The maximum atomic E-state index is 6.68. The van der Waals surface area contributed by atoms with E-state index >= 15 is 0 Å². The molecular formula is C22H28O. The van der Waals surface area contributed by atoms with E-state index in [-0.39, 0.29) is 11.2 Å². The fraction of sp³-hybridized carbons (Fsp3) is 0.636. The molecule has 3 fully saturated rings. The number of rotatable bonds is 1. The van der Waals surface area contributed by atoms with Crippen LogP contribution in [0.25, 0.3) is 6.08 Å². The number of hydrogen-bond donors (Lipinski definition) is 0. The van der Waals surface area contributed by atoms with Gasteiger partial charge >= 0.3 is 0 Å². The summed E-state index contributed by atoms with van der Waals surface area (Å²) in [6.07, 6.45) is 12.6. The molecule has 122 valence electrons. The minimum absolute atomic E-state index is 0.0385. The molecule has 3 aliphatic carbocycles. The number of hydrogen-bond acceptors (Lipinski definition) is 1. The van der Waals surface area contributed by atoms with Crippen molar-refractivity contribution in [3.8, 4) is 0 Å². The molecule has 0 N–H and O–H groups in total. The van der Waals surface area contributed by atoms with Crippen LogP contribution in [0.1, 0.15) is 62.6 Å². The van der Waals surface area contributed by atoms with Crippen LogP contribution in [0.4, 0.5) is 0 Å². The van der Waals surface area contributed by atoms with Gasteiger partial charge in [-0.05, 0) is 61.1 Å². The van der Waals surface area contributed by atoms with Crippen molar-refractivity contribution in [2.45, 2.75) is 70.5 Å². The van der Waals surface area contributed by atoms with Gasteiger partial charge in [0.25, 0.3) is 0 Å². The fourth-order valence-corrected chi connectivity index (χ4v) is 6.61. The summed E-state index contributed by atoms with van der Waals surface area (Å²) in [5.41, 5.74) is 4.92. The molecule has 0 amide bonds. The number of epoxide rings is 1. The summed E-state index contributed by atoms with van der Waals surface area (Å²) in [6, 6.07) is 6.92. The van der Waals surface area contributed by atoms with E-state index in [1.807, 2.05) is 0 Å². The van der Waals surface area contributed by atoms with E-state index < -0.39 is 0 Å². The summed E-state index contributed by atoms with van der Waals surface area (Å²) in [7, 11) is 0. The second-order valence-electron chi connectivity index (χ2n) is 8.84. The van der Waals surface area contributed by atoms with Gasteiger partial charge in [0.1, 0.15) is 11.2 Å². The molecule has 1 aromatic carbocycles. The molecule has 1 aromatic rings. The van der Waals surface area contributed by atoms with Crippen molar-refractivity contribution >= 4 is 6.08 Å². The summed E-state index contributed by atoms with van der Waals surface area (Å²) in [4.78, 5) is 0. The molecule has 2 saturated carbocycles. The molecule has 1 saturated heterocycles. The topological polar surface area (TPSA) is 12.5 Å². The Morgan fingerprint density at radius 1 is 1.22 bits per heavy atom. The molecule has 1 nitrogen and oxygen atoms in total. The van der Waals surface area contributed by atoms with E-state index in [0.29, 0.717) is 5.41 Å². The highest BCUT2D eigenvalue weighted by atomic mass is 16.6. The van der Waals surface area contributed by atoms with Gasteiger partial charge in [-0.15, -0.1) is 0 Å². The van der Waals surface area contributed by atoms with Crippen molar-refractivity contribution in [3.05, 3.63) is 41.0 Å². The van der Waals surface area contributed by atoms with Crippen LogP contribution in [0.2, 0.25) is 0 Å². The van der Waals surface area contributed by atoms with Crippen LogP contribution < -0.4 is 0 Å². The van der Waals surface area contributed by atoms with E-state index in [4.69, 9.17) is 4.74 Å². The number of aryl methyl sites for hydroxylation is 1. The zero-order valence-corrected chi connectivity index (χ0v) is 14.7. The van der Waals surface area contributed by atoms with Crippen molar-refractivity contribution in [1.29, 1.82) is 0 Å². The number of ether oxygens (including phenoxy) is 1.